The van der Waals surface area contributed by atoms with E-state index in [0.29, 0.717) is 23.5 Å². The zero-order valence-corrected chi connectivity index (χ0v) is 17.3. The summed E-state index contributed by atoms with van der Waals surface area (Å²) >= 11 is 0. The van der Waals surface area contributed by atoms with Crippen LogP contribution in [0.1, 0.15) is 22.8 Å². The summed E-state index contributed by atoms with van der Waals surface area (Å²) in [5, 5.41) is 25.9. The van der Waals surface area contributed by atoms with Crippen LogP contribution in [0.3, 0.4) is 0 Å². The maximum atomic E-state index is 12.1. The molecule has 33 heavy (non-hydrogen) atoms. The van der Waals surface area contributed by atoms with Crippen LogP contribution in [0, 0.1) is 20.2 Å². The smallest absolute Gasteiger partial charge is 0.318 e. The van der Waals surface area contributed by atoms with E-state index in [1.807, 2.05) is 6.92 Å². The van der Waals surface area contributed by atoms with Gasteiger partial charge in [0.05, 0.1) is 28.7 Å². The zero-order valence-electron chi connectivity index (χ0n) is 17.3. The summed E-state index contributed by atoms with van der Waals surface area (Å²) in [4.78, 5) is 32.7. The normalized spacial score (nSPS) is 10.6. The number of ether oxygens (including phenoxy) is 2. The number of amides is 1. The van der Waals surface area contributed by atoms with Gasteiger partial charge in [-0.1, -0.05) is 0 Å². The second kappa shape index (κ2) is 10.5. The van der Waals surface area contributed by atoms with Crippen molar-refractivity contribution in [2.24, 2.45) is 5.10 Å². The van der Waals surface area contributed by atoms with E-state index in [0.717, 1.165) is 12.1 Å². The van der Waals surface area contributed by atoms with Gasteiger partial charge >= 0.3 is 5.69 Å². The van der Waals surface area contributed by atoms with Gasteiger partial charge in [0.1, 0.15) is 11.5 Å². The Labute approximate surface area is 187 Å². The van der Waals surface area contributed by atoms with Gasteiger partial charge in [0, 0.05) is 11.6 Å². The van der Waals surface area contributed by atoms with E-state index in [9.17, 15) is 25.0 Å². The number of rotatable bonds is 9. The first-order valence-electron chi connectivity index (χ1n) is 9.64. The number of non-ortho nitro benzene ring substituents is 1. The summed E-state index contributed by atoms with van der Waals surface area (Å²) in [5.41, 5.74) is 2.54. The minimum Gasteiger partial charge on any atom is -0.494 e. The van der Waals surface area contributed by atoms with E-state index in [1.165, 1.54) is 12.3 Å². The third-order valence-electron chi connectivity index (χ3n) is 4.27. The number of hydrogen-bond acceptors (Lipinski definition) is 8. The molecule has 0 atom stereocenters. The van der Waals surface area contributed by atoms with E-state index in [-0.39, 0.29) is 17.4 Å². The maximum absolute atomic E-state index is 12.1. The Morgan fingerprint density at radius 1 is 0.970 bits per heavy atom. The Morgan fingerprint density at radius 3 is 2.24 bits per heavy atom. The first-order chi connectivity index (χ1) is 15.9. The average molecular weight is 450 g/mol. The summed E-state index contributed by atoms with van der Waals surface area (Å²) in [5.74, 6) is 0.427. The van der Waals surface area contributed by atoms with Crippen LogP contribution in [0.4, 0.5) is 11.4 Å². The monoisotopic (exact) mass is 450 g/mol. The molecule has 1 N–H and O–H groups in total. The van der Waals surface area contributed by atoms with Gasteiger partial charge in [-0.3, -0.25) is 25.0 Å². The van der Waals surface area contributed by atoms with Crippen molar-refractivity contribution in [3.63, 3.8) is 0 Å². The van der Waals surface area contributed by atoms with E-state index < -0.39 is 21.2 Å². The molecule has 0 saturated carbocycles. The fourth-order valence-electron chi connectivity index (χ4n) is 2.70. The SMILES string of the molecule is CCOc1ccc(C(=O)N/N=C\c2ccc(Oc3ccc([N+](=O)[O-])cc3[N+](=O)[O-])cc2)cc1. The van der Waals surface area contributed by atoms with Crippen molar-refractivity contribution in [3.05, 3.63) is 98.1 Å². The molecule has 0 fully saturated rings. The Balaban J connectivity index is 1.62. The highest BCUT2D eigenvalue weighted by Gasteiger charge is 2.21. The van der Waals surface area contributed by atoms with Crippen molar-refractivity contribution in [1.82, 2.24) is 5.43 Å². The van der Waals surface area contributed by atoms with E-state index >= 15 is 0 Å². The van der Waals surface area contributed by atoms with Crippen LogP contribution in [0.15, 0.2) is 71.8 Å². The second-order valence-corrected chi connectivity index (χ2v) is 6.49. The quantitative estimate of drug-likeness (QED) is 0.288. The molecular formula is C22H18N4O7. The molecular weight excluding hydrogens is 432 g/mol. The summed E-state index contributed by atoms with van der Waals surface area (Å²) in [6.45, 7) is 2.40. The second-order valence-electron chi connectivity index (χ2n) is 6.49. The van der Waals surface area contributed by atoms with Crippen LogP contribution < -0.4 is 14.9 Å². The standard InChI is InChI=1S/C22H18N4O7/c1-2-32-18-10-5-16(6-11-18)22(27)24-23-14-15-3-8-19(9-4-15)33-21-12-7-17(25(28)29)13-20(21)26(30)31/h3-14H,2H2,1H3,(H,24,27)/b23-14-. The highest BCUT2D eigenvalue weighted by Crippen LogP contribution is 2.34. The molecule has 0 bridgehead atoms. The molecule has 0 aliphatic carbocycles. The van der Waals surface area contributed by atoms with Crippen LogP contribution in [0.25, 0.3) is 0 Å². The summed E-state index contributed by atoms with van der Waals surface area (Å²) in [7, 11) is 0. The van der Waals surface area contributed by atoms with Crippen LogP contribution in [0.5, 0.6) is 17.2 Å². The van der Waals surface area contributed by atoms with Gasteiger partial charge in [-0.2, -0.15) is 5.10 Å². The van der Waals surface area contributed by atoms with Crippen molar-refractivity contribution in [3.8, 4) is 17.2 Å². The van der Waals surface area contributed by atoms with Crippen LogP contribution in [-0.2, 0) is 0 Å². The molecule has 0 aromatic heterocycles. The number of benzene rings is 3. The number of carbonyl (C=O) groups excluding carboxylic acids is 1. The van der Waals surface area contributed by atoms with Crippen molar-refractivity contribution in [1.29, 1.82) is 0 Å². The molecule has 11 nitrogen and oxygen atoms in total. The molecule has 3 aromatic carbocycles. The molecule has 0 radical (unpaired) electrons. The van der Waals surface area contributed by atoms with Gasteiger partial charge < -0.3 is 9.47 Å². The van der Waals surface area contributed by atoms with E-state index in [2.05, 4.69) is 10.5 Å². The van der Waals surface area contributed by atoms with Crippen LogP contribution in [0.2, 0.25) is 0 Å². The average Bonchev–Trinajstić information content (AvgIpc) is 2.81. The molecule has 168 valence electrons. The largest absolute Gasteiger partial charge is 0.494 e. The molecule has 11 heteroatoms. The number of nitrogens with zero attached hydrogens (tertiary/aromatic N) is 3. The molecule has 0 aliphatic rings. The van der Waals surface area contributed by atoms with Gasteiger partial charge in [0.25, 0.3) is 11.6 Å². The predicted octanol–water partition coefficient (Wildman–Crippen LogP) is 4.46. The van der Waals surface area contributed by atoms with Crippen molar-refractivity contribution < 1.29 is 24.1 Å². The van der Waals surface area contributed by atoms with Crippen LogP contribution >= 0.6 is 0 Å². The van der Waals surface area contributed by atoms with Gasteiger partial charge in [0.15, 0.2) is 0 Å². The number of hydrazone groups is 1. The fraction of sp³-hybridized carbons (Fsp3) is 0.0909. The highest BCUT2D eigenvalue weighted by atomic mass is 16.6. The third kappa shape index (κ3) is 6.10. The molecule has 0 spiro atoms. The van der Waals surface area contributed by atoms with Crippen molar-refractivity contribution in [2.45, 2.75) is 6.92 Å². The topological polar surface area (TPSA) is 146 Å². The molecule has 0 heterocycles. The molecule has 0 unspecified atom stereocenters. The van der Waals surface area contributed by atoms with Gasteiger partial charge in [-0.05, 0) is 67.1 Å². The van der Waals surface area contributed by atoms with Crippen LogP contribution in [-0.4, -0.2) is 28.6 Å². The van der Waals surface area contributed by atoms with Gasteiger partial charge in [-0.15, -0.1) is 0 Å². The molecule has 3 aromatic rings. The third-order valence-corrected chi connectivity index (χ3v) is 4.27. The molecule has 0 saturated heterocycles. The van der Waals surface area contributed by atoms with Gasteiger partial charge in [0.2, 0.25) is 5.75 Å². The first-order valence-corrected chi connectivity index (χ1v) is 9.64. The van der Waals surface area contributed by atoms with E-state index in [4.69, 9.17) is 9.47 Å². The maximum Gasteiger partial charge on any atom is 0.318 e. The first kappa shape index (κ1) is 22.9. The number of hydrogen-bond donors (Lipinski definition) is 1. The minimum absolute atomic E-state index is 0.130. The summed E-state index contributed by atoms with van der Waals surface area (Å²) in [6, 6.07) is 16.1. The summed E-state index contributed by atoms with van der Waals surface area (Å²) < 4.78 is 10.8. The lowest BCUT2D eigenvalue weighted by atomic mass is 10.2. The highest BCUT2D eigenvalue weighted by molar-refractivity contribution is 5.95. The number of nitro groups is 2. The predicted molar refractivity (Wildman–Crippen MR) is 119 cm³/mol. The number of nitrogens with one attached hydrogen (secondary N) is 1. The Bertz CT molecular complexity index is 1190. The number of carbonyl (C=O) groups is 1. The molecule has 3 rings (SSSR count). The van der Waals surface area contributed by atoms with Crippen molar-refractivity contribution in [2.75, 3.05) is 6.61 Å². The summed E-state index contributed by atoms with van der Waals surface area (Å²) in [6.07, 6.45) is 1.42. The van der Waals surface area contributed by atoms with Gasteiger partial charge in [-0.25, -0.2) is 5.43 Å². The Morgan fingerprint density at radius 2 is 1.64 bits per heavy atom. The fourth-order valence-corrected chi connectivity index (χ4v) is 2.70. The molecule has 0 aliphatic heterocycles. The lowest BCUT2D eigenvalue weighted by Gasteiger charge is -2.06. The zero-order chi connectivity index (χ0) is 23.8. The Kier molecular flexibility index (Phi) is 7.27. The molecule has 1 amide bonds. The van der Waals surface area contributed by atoms with E-state index in [1.54, 1.807) is 48.5 Å². The minimum atomic E-state index is -0.754. The lowest BCUT2D eigenvalue weighted by Crippen LogP contribution is -2.17. The Hall–Kier alpha value is -4.80. The lowest BCUT2D eigenvalue weighted by molar-refractivity contribution is -0.394. The number of nitro benzene ring substituents is 2. The van der Waals surface area contributed by atoms with Crippen molar-refractivity contribution >= 4 is 23.5 Å².